The van der Waals surface area contributed by atoms with Crippen LogP contribution < -0.4 is 4.90 Å². The summed E-state index contributed by atoms with van der Waals surface area (Å²) < 4.78 is 2.24. The first kappa shape index (κ1) is 33.6. The number of nitrogens with zero attached hydrogens (tertiary/aromatic N) is 4. The Labute approximate surface area is 345 Å². The first-order chi connectivity index (χ1) is 29.2. The average Bonchev–Trinajstić information content (AvgIpc) is 3.65. The van der Waals surface area contributed by atoms with Crippen molar-refractivity contribution in [3.8, 4) is 39.5 Å². The Morgan fingerprint density at radius 3 is 1.85 bits per heavy atom. The second-order valence-electron chi connectivity index (χ2n) is 15.0. The Morgan fingerprint density at radius 1 is 0.390 bits per heavy atom. The predicted molar refractivity (Wildman–Crippen MR) is 246 cm³/mol. The third kappa shape index (κ3) is 5.54. The lowest BCUT2D eigenvalue weighted by molar-refractivity contribution is 1.01. The van der Waals surface area contributed by atoms with Crippen LogP contribution in [0.1, 0.15) is 0 Å². The van der Waals surface area contributed by atoms with Crippen LogP contribution in [0.4, 0.5) is 17.1 Å². The monoisotopic (exact) mass is 770 g/mol. The Bertz CT molecular complexity index is 3410. The molecule has 1 aliphatic rings. The molecule has 0 unspecified atom stereocenters. The fourth-order valence-electron chi connectivity index (χ4n) is 8.81. The molecule has 4 nitrogen and oxygen atoms in total. The molecule has 0 bridgehead atoms. The molecule has 12 rings (SSSR count). The van der Waals surface area contributed by atoms with E-state index < -0.39 is 0 Å². The number of para-hydroxylation sites is 3. The van der Waals surface area contributed by atoms with Gasteiger partial charge in [0, 0.05) is 37.2 Å². The minimum absolute atomic E-state index is 0.661. The zero-order chi connectivity index (χ0) is 38.9. The van der Waals surface area contributed by atoms with E-state index in [4.69, 9.17) is 9.97 Å². The van der Waals surface area contributed by atoms with Gasteiger partial charge in [0.2, 0.25) is 5.95 Å². The van der Waals surface area contributed by atoms with E-state index in [9.17, 15) is 0 Å². The van der Waals surface area contributed by atoms with Crippen LogP contribution in [0.5, 0.6) is 0 Å². The number of hydrogen-bond acceptors (Lipinski definition) is 4. The lowest BCUT2D eigenvalue weighted by Crippen LogP contribution is -2.14. The highest BCUT2D eigenvalue weighted by Crippen LogP contribution is 2.52. The van der Waals surface area contributed by atoms with E-state index in [-0.39, 0.29) is 0 Å². The molecule has 0 N–H and O–H groups in total. The maximum Gasteiger partial charge on any atom is 0.235 e. The molecule has 9 aromatic carbocycles. The molecule has 59 heavy (non-hydrogen) atoms. The Hall–Kier alpha value is -7.47. The van der Waals surface area contributed by atoms with E-state index in [1.54, 1.807) is 0 Å². The number of fused-ring (bicyclic) bond motifs is 8. The molecular weight excluding hydrogens is 737 g/mol. The van der Waals surface area contributed by atoms with Gasteiger partial charge in [0.05, 0.1) is 33.6 Å². The molecule has 0 amide bonds. The third-order valence-electron chi connectivity index (χ3n) is 11.6. The summed E-state index contributed by atoms with van der Waals surface area (Å²) in [5, 5.41) is 5.83. The summed E-state index contributed by atoms with van der Waals surface area (Å²) in [7, 11) is 0. The van der Waals surface area contributed by atoms with E-state index in [1.807, 2.05) is 23.9 Å². The van der Waals surface area contributed by atoms with Gasteiger partial charge in [-0.3, -0.25) is 4.57 Å². The fourth-order valence-corrected chi connectivity index (χ4v) is 9.91. The highest BCUT2D eigenvalue weighted by Gasteiger charge is 2.25. The molecule has 3 heterocycles. The normalized spacial score (nSPS) is 12.3. The van der Waals surface area contributed by atoms with Gasteiger partial charge in [-0.15, -0.1) is 0 Å². The van der Waals surface area contributed by atoms with Gasteiger partial charge in [-0.2, -0.15) is 0 Å². The van der Waals surface area contributed by atoms with Crippen molar-refractivity contribution in [1.82, 2.24) is 14.5 Å². The van der Waals surface area contributed by atoms with Gasteiger partial charge in [-0.1, -0.05) is 157 Å². The minimum Gasteiger partial charge on any atom is -0.308 e. The number of benzene rings is 9. The summed E-state index contributed by atoms with van der Waals surface area (Å²) in [5.41, 5.74) is 13.4. The van der Waals surface area contributed by atoms with Crippen LogP contribution in [0.3, 0.4) is 0 Å². The Balaban J connectivity index is 0.969. The molecule has 2 aromatic heterocycles. The molecule has 0 saturated heterocycles. The van der Waals surface area contributed by atoms with Crippen LogP contribution in [0.25, 0.3) is 82.9 Å². The van der Waals surface area contributed by atoms with E-state index in [1.165, 1.54) is 59.4 Å². The van der Waals surface area contributed by atoms with Gasteiger partial charge in [0.1, 0.15) is 0 Å². The Kier molecular flexibility index (Phi) is 7.75. The Morgan fingerprint density at radius 2 is 1.02 bits per heavy atom. The molecule has 0 spiro atoms. The molecule has 0 saturated carbocycles. The summed E-state index contributed by atoms with van der Waals surface area (Å²) in [5.74, 6) is 0.661. The zero-order valence-electron chi connectivity index (χ0n) is 31.8. The third-order valence-corrected chi connectivity index (χ3v) is 12.7. The summed E-state index contributed by atoms with van der Waals surface area (Å²) in [4.78, 5) is 15.4. The van der Waals surface area contributed by atoms with Crippen LogP contribution in [-0.2, 0) is 0 Å². The number of anilines is 3. The van der Waals surface area contributed by atoms with Crippen LogP contribution in [-0.4, -0.2) is 14.5 Å². The van der Waals surface area contributed by atoms with Crippen molar-refractivity contribution in [2.24, 2.45) is 0 Å². The van der Waals surface area contributed by atoms with E-state index in [0.29, 0.717) is 5.95 Å². The summed E-state index contributed by atoms with van der Waals surface area (Å²) in [6.45, 7) is 0. The second kappa shape index (κ2) is 13.6. The topological polar surface area (TPSA) is 34.0 Å². The van der Waals surface area contributed by atoms with Crippen molar-refractivity contribution in [3.63, 3.8) is 0 Å². The molecule has 11 aromatic rings. The molecule has 5 heteroatoms. The van der Waals surface area contributed by atoms with Crippen molar-refractivity contribution in [2.75, 3.05) is 4.90 Å². The molecule has 0 radical (unpaired) electrons. The SMILES string of the molecule is c1ccc(-c2nc(-n3c4ccc(-c5ccc(-c6ccc7c(c6)Sc6ccccc6N7c6ccccc6)cc5)cc4c4c5ccccc5ccc43)nc3ccccc23)cc1. The molecule has 1 aliphatic heterocycles. The maximum atomic E-state index is 5.32. The van der Waals surface area contributed by atoms with Gasteiger partial charge in [-0.25, -0.2) is 9.97 Å². The van der Waals surface area contributed by atoms with Crippen molar-refractivity contribution in [2.45, 2.75) is 9.79 Å². The predicted octanol–water partition coefficient (Wildman–Crippen LogP) is 14.8. The number of rotatable bonds is 5. The molecule has 276 valence electrons. The van der Waals surface area contributed by atoms with Crippen LogP contribution in [0, 0.1) is 0 Å². The summed E-state index contributed by atoms with van der Waals surface area (Å²) in [6.07, 6.45) is 0. The van der Waals surface area contributed by atoms with Gasteiger partial charge in [-0.05, 0) is 93.7 Å². The highest BCUT2D eigenvalue weighted by atomic mass is 32.2. The van der Waals surface area contributed by atoms with E-state index >= 15 is 0 Å². The largest absolute Gasteiger partial charge is 0.308 e. The maximum absolute atomic E-state index is 5.32. The lowest BCUT2D eigenvalue weighted by atomic mass is 9.98. The van der Waals surface area contributed by atoms with E-state index in [0.717, 1.165) is 44.4 Å². The first-order valence-corrected chi connectivity index (χ1v) is 20.7. The van der Waals surface area contributed by atoms with Crippen molar-refractivity contribution >= 4 is 72.3 Å². The van der Waals surface area contributed by atoms with Gasteiger partial charge in [0.25, 0.3) is 0 Å². The van der Waals surface area contributed by atoms with Gasteiger partial charge < -0.3 is 4.90 Å². The van der Waals surface area contributed by atoms with Crippen molar-refractivity contribution in [1.29, 1.82) is 0 Å². The highest BCUT2D eigenvalue weighted by molar-refractivity contribution is 7.99. The first-order valence-electron chi connectivity index (χ1n) is 19.9. The number of hydrogen-bond donors (Lipinski definition) is 0. The zero-order valence-corrected chi connectivity index (χ0v) is 32.6. The lowest BCUT2D eigenvalue weighted by Gasteiger charge is -2.33. The summed E-state index contributed by atoms with van der Waals surface area (Å²) >= 11 is 1.84. The van der Waals surface area contributed by atoms with Crippen molar-refractivity contribution in [3.05, 3.63) is 206 Å². The second-order valence-corrected chi connectivity index (χ2v) is 16.1. The molecule has 0 atom stereocenters. The quantitative estimate of drug-likeness (QED) is 0.175. The van der Waals surface area contributed by atoms with E-state index in [2.05, 4.69) is 204 Å². The van der Waals surface area contributed by atoms with Crippen LogP contribution in [0.15, 0.2) is 216 Å². The fraction of sp³-hybridized carbons (Fsp3) is 0. The van der Waals surface area contributed by atoms with Crippen LogP contribution in [0.2, 0.25) is 0 Å². The van der Waals surface area contributed by atoms with Gasteiger partial charge in [0.15, 0.2) is 0 Å². The average molecular weight is 771 g/mol. The van der Waals surface area contributed by atoms with Gasteiger partial charge >= 0.3 is 0 Å². The van der Waals surface area contributed by atoms with Crippen LogP contribution >= 0.6 is 11.8 Å². The standard InChI is InChI=1S/C54H34N4S/c1-3-14-38(15-4-1)53-43-19-9-10-20-45(43)55-54(56-53)58-46-30-28-39(33-44(46)52-42-18-8-7-13-37(42)27-32-49(52)58)35-23-25-36(26-24-35)40-29-31-48-51(34-40)59-50-22-12-11-21-47(50)57(48)41-16-5-2-6-17-41/h1-34H. The molecule has 0 fully saturated rings. The molecule has 0 aliphatic carbocycles. The smallest absolute Gasteiger partial charge is 0.235 e. The minimum atomic E-state index is 0.661. The number of aromatic nitrogens is 3. The van der Waals surface area contributed by atoms with Crippen molar-refractivity contribution < 1.29 is 0 Å². The summed E-state index contributed by atoms with van der Waals surface area (Å²) in [6, 6.07) is 73.8. The molecular formula is C54H34N4S.